The zero-order valence-electron chi connectivity index (χ0n) is 10.4. The second kappa shape index (κ2) is 6.28. The van der Waals surface area contributed by atoms with Crippen LogP contribution in [-0.2, 0) is 13.5 Å². The highest BCUT2D eigenvalue weighted by Crippen LogP contribution is 2.18. The number of benzene rings is 1. The fourth-order valence-electron chi connectivity index (χ4n) is 1.74. The molecule has 88 valence electrons. The first kappa shape index (κ1) is 12.7. The number of nitrogens with two attached hydrogens (primary N) is 1. The van der Waals surface area contributed by atoms with E-state index in [1.807, 2.05) is 31.6 Å². The van der Waals surface area contributed by atoms with E-state index in [1.54, 1.807) is 0 Å². The van der Waals surface area contributed by atoms with Crippen molar-refractivity contribution in [1.82, 2.24) is 9.78 Å². The fraction of sp³-hybridized carbons (Fsp3) is 0.462. The number of fused-ring (bicyclic) bond motifs is 1. The van der Waals surface area contributed by atoms with Gasteiger partial charge in [-0.3, -0.25) is 4.68 Å². The molecule has 0 aliphatic rings. The number of hydrogen-bond acceptors (Lipinski definition) is 2. The van der Waals surface area contributed by atoms with Gasteiger partial charge in [0.05, 0.1) is 11.2 Å². The molecule has 2 N–H and O–H groups in total. The van der Waals surface area contributed by atoms with Crippen molar-refractivity contribution in [3.05, 3.63) is 30.0 Å². The first-order chi connectivity index (χ1) is 7.83. The normalized spacial score (nSPS) is 10.0. The Balaban J connectivity index is 0.000000606. The van der Waals surface area contributed by atoms with E-state index >= 15 is 0 Å². The monoisotopic (exact) mass is 219 g/mol. The molecule has 0 radical (unpaired) electrons. The van der Waals surface area contributed by atoms with Crippen LogP contribution in [0, 0.1) is 0 Å². The van der Waals surface area contributed by atoms with Gasteiger partial charge in [0.15, 0.2) is 0 Å². The van der Waals surface area contributed by atoms with Crippen molar-refractivity contribution in [2.45, 2.75) is 26.7 Å². The van der Waals surface area contributed by atoms with Crippen molar-refractivity contribution in [2.75, 3.05) is 6.54 Å². The van der Waals surface area contributed by atoms with Crippen LogP contribution in [0.4, 0.5) is 0 Å². The van der Waals surface area contributed by atoms with Gasteiger partial charge in [0.1, 0.15) is 0 Å². The van der Waals surface area contributed by atoms with Gasteiger partial charge in [-0.15, -0.1) is 0 Å². The number of aromatic nitrogens is 2. The Morgan fingerprint density at radius 3 is 2.62 bits per heavy atom. The van der Waals surface area contributed by atoms with Crippen molar-refractivity contribution >= 4 is 10.9 Å². The molecule has 0 saturated heterocycles. The predicted octanol–water partition coefficient (Wildman–Crippen LogP) is 2.49. The van der Waals surface area contributed by atoms with Gasteiger partial charge in [-0.05, 0) is 25.5 Å². The Labute approximate surface area is 97.3 Å². The van der Waals surface area contributed by atoms with Gasteiger partial charge in [-0.1, -0.05) is 32.0 Å². The summed E-state index contributed by atoms with van der Waals surface area (Å²) in [7, 11) is 1.98. The Morgan fingerprint density at radius 1 is 1.25 bits per heavy atom. The smallest absolute Gasteiger partial charge is 0.0703 e. The maximum absolute atomic E-state index is 5.49. The van der Waals surface area contributed by atoms with Crippen molar-refractivity contribution < 1.29 is 0 Å². The summed E-state index contributed by atoms with van der Waals surface area (Å²) in [6.07, 6.45) is 1.97. The highest BCUT2D eigenvalue weighted by molar-refractivity contribution is 5.81. The van der Waals surface area contributed by atoms with Crippen LogP contribution in [0.25, 0.3) is 10.9 Å². The van der Waals surface area contributed by atoms with Crippen LogP contribution < -0.4 is 5.73 Å². The van der Waals surface area contributed by atoms with E-state index in [0.717, 1.165) is 25.1 Å². The topological polar surface area (TPSA) is 43.8 Å². The van der Waals surface area contributed by atoms with E-state index in [-0.39, 0.29) is 0 Å². The molecule has 2 aromatic rings. The van der Waals surface area contributed by atoms with Gasteiger partial charge in [0, 0.05) is 12.4 Å². The van der Waals surface area contributed by atoms with Crippen LogP contribution >= 0.6 is 0 Å². The van der Waals surface area contributed by atoms with Gasteiger partial charge in [-0.2, -0.15) is 5.10 Å². The predicted molar refractivity (Wildman–Crippen MR) is 69.4 cm³/mol. The summed E-state index contributed by atoms with van der Waals surface area (Å²) in [5, 5.41) is 5.74. The van der Waals surface area contributed by atoms with E-state index in [2.05, 4.69) is 23.3 Å². The molecule has 0 bridgehead atoms. The molecule has 0 fully saturated rings. The lowest BCUT2D eigenvalue weighted by molar-refractivity contribution is 0.739. The first-order valence-electron chi connectivity index (χ1n) is 5.93. The quantitative estimate of drug-likeness (QED) is 0.862. The van der Waals surface area contributed by atoms with Gasteiger partial charge < -0.3 is 5.73 Å². The Morgan fingerprint density at radius 2 is 1.94 bits per heavy atom. The molecule has 0 unspecified atom stereocenters. The molecule has 0 spiro atoms. The van der Waals surface area contributed by atoms with Crippen LogP contribution in [0.15, 0.2) is 24.3 Å². The Bertz CT molecular complexity index is 432. The van der Waals surface area contributed by atoms with Gasteiger partial charge in [0.2, 0.25) is 0 Å². The average molecular weight is 219 g/mol. The molecule has 1 heterocycles. The molecule has 0 saturated carbocycles. The van der Waals surface area contributed by atoms with E-state index in [0.29, 0.717) is 0 Å². The molecule has 0 atom stereocenters. The third-order valence-corrected chi connectivity index (χ3v) is 2.45. The summed E-state index contributed by atoms with van der Waals surface area (Å²) in [4.78, 5) is 0. The van der Waals surface area contributed by atoms with Crippen LogP contribution in [0.3, 0.4) is 0 Å². The van der Waals surface area contributed by atoms with Crippen molar-refractivity contribution in [2.24, 2.45) is 12.8 Å². The number of nitrogens with zero attached hydrogens (tertiary/aromatic N) is 2. The lowest BCUT2D eigenvalue weighted by atomic mass is 10.1. The molecule has 3 nitrogen and oxygen atoms in total. The summed E-state index contributed by atoms with van der Waals surface area (Å²) < 4.78 is 1.93. The van der Waals surface area contributed by atoms with Crippen molar-refractivity contribution in [1.29, 1.82) is 0 Å². The summed E-state index contributed by atoms with van der Waals surface area (Å²) in [5.74, 6) is 0. The molecule has 1 aromatic carbocycles. The standard InChI is InChI=1S/C11H15N3.C2H6/c1-14-11-7-3-2-5-9(11)10(13-14)6-4-8-12;1-2/h2-3,5,7H,4,6,8,12H2,1H3;1-2H3. The summed E-state index contributed by atoms with van der Waals surface area (Å²) in [5.41, 5.74) is 7.85. The number of hydrogen-bond donors (Lipinski definition) is 1. The minimum atomic E-state index is 0.727. The average Bonchev–Trinajstić information content (AvgIpc) is 2.67. The minimum absolute atomic E-state index is 0.727. The molecule has 0 amide bonds. The molecular weight excluding hydrogens is 198 g/mol. The second-order valence-corrected chi connectivity index (χ2v) is 3.48. The number of aryl methyl sites for hydroxylation is 2. The number of rotatable bonds is 3. The molecule has 2 rings (SSSR count). The van der Waals surface area contributed by atoms with Crippen LogP contribution in [0.5, 0.6) is 0 Å². The number of para-hydroxylation sites is 1. The summed E-state index contributed by atoms with van der Waals surface area (Å²) >= 11 is 0. The van der Waals surface area contributed by atoms with Crippen LogP contribution in [-0.4, -0.2) is 16.3 Å². The molecule has 1 aromatic heterocycles. The van der Waals surface area contributed by atoms with E-state index in [4.69, 9.17) is 5.73 Å². The molecule has 16 heavy (non-hydrogen) atoms. The van der Waals surface area contributed by atoms with Crippen molar-refractivity contribution in [3.63, 3.8) is 0 Å². The summed E-state index contributed by atoms with van der Waals surface area (Å²) in [6, 6.07) is 8.30. The lowest BCUT2D eigenvalue weighted by Gasteiger charge is -1.93. The summed E-state index contributed by atoms with van der Waals surface area (Å²) in [6.45, 7) is 4.73. The third kappa shape index (κ3) is 2.61. The largest absolute Gasteiger partial charge is 0.330 e. The van der Waals surface area contributed by atoms with Gasteiger partial charge in [0.25, 0.3) is 0 Å². The zero-order valence-corrected chi connectivity index (χ0v) is 10.4. The Kier molecular flexibility index (Phi) is 4.99. The third-order valence-electron chi connectivity index (χ3n) is 2.45. The molecule has 0 aliphatic carbocycles. The second-order valence-electron chi connectivity index (χ2n) is 3.48. The fourth-order valence-corrected chi connectivity index (χ4v) is 1.74. The zero-order chi connectivity index (χ0) is 12.0. The Hall–Kier alpha value is -1.35. The van der Waals surface area contributed by atoms with E-state index in [1.165, 1.54) is 10.9 Å². The highest BCUT2D eigenvalue weighted by atomic mass is 15.3. The minimum Gasteiger partial charge on any atom is -0.330 e. The van der Waals surface area contributed by atoms with Gasteiger partial charge >= 0.3 is 0 Å². The highest BCUT2D eigenvalue weighted by Gasteiger charge is 2.06. The lowest BCUT2D eigenvalue weighted by Crippen LogP contribution is -2.01. The maximum atomic E-state index is 5.49. The van der Waals surface area contributed by atoms with Crippen LogP contribution in [0.2, 0.25) is 0 Å². The van der Waals surface area contributed by atoms with Crippen LogP contribution in [0.1, 0.15) is 26.0 Å². The molecule has 3 heteroatoms. The SMILES string of the molecule is CC.Cn1nc(CCCN)c2ccccc21. The van der Waals surface area contributed by atoms with Gasteiger partial charge in [-0.25, -0.2) is 0 Å². The van der Waals surface area contributed by atoms with Crippen molar-refractivity contribution in [3.8, 4) is 0 Å². The first-order valence-corrected chi connectivity index (χ1v) is 5.93. The maximum Gasteiger partial charge on any atom is 0.0703 e. The van der Waals surface area contributed by atoms with E-state index < -0.39 is 0 Å². The molecular formula is C13H21N3. The van der Waals surface area contributed by atoms with E-state index in [9.17, 15) is 0 Å². The molecule has 0 aliphatic heterocycles.